The third-order valence-electron chi connectivity index (χ3n) is 4.41. The number of hydrogen-bond donors (Lipinski definition) is 1. The molecule has 3 aromatic rings. The Kier molecular flexibility index (Phi) is 4.92. The Hall–Kier alpha value is -2.57. The summed E-state index contributed by atoms with van der Waals surface area (Å²) < 4.78 is 2.57. The fourth-order valence-electron chi connectivity index (χ4n) is 2.81. The first-order valence-corrected chi connectivity index (χ1v) is 9.20. The molecule has 1 heterocycles. The minimum absolute atomic E-state index is 0.0212. The highest BCUT2D eigenvalue weighted by molar-refractivity contribution is 7.25. The minimum Gasteiger partial charge on any atom is -0.384 e. The first-order valence-electron chi connectivity index (χ1n) is 8.39. The number of fused-ring (bicyclic) bond motifs is 3. The van der Waals surface area contributed by atoms with Crippen LogP contribution in [0.1, 0.15) is 44.9 Å². The number of nitrogens with two attached hydrogens (primary N) is 1. The van der Waals surface area contributed by atoms with Gasteiger partial charge in [0.1, 0.15) is 5.84 Å². The molecule has 0 saturated carbocycles. The second-order valence-electron chi connectivity index (χ2n) is 6.11. The third-order valence-corrected chi connectivity index (χ3v) is 5.57. The lowest BCUT2D eigenvalue weighted by molar-refractivity contribution is 0.819. The van der Waals surface area contributed by atoms with Crippen LogP contribution in [0, 0.1) is 11.8 Å². The number of thiophene rings is 1. The summed E-state index contributed by atoms with van der Waals surface area (Å²) in [4.78, 5) is 4.64. The van der Waals surface area contributed by atoms with E-state index in [-0.39, 0.29) is 6.04 Å². The van der Waals surface area contributed by atoms with Gasteiger partial charge in [0.15, 0.2) is 0 Å². The molecule has 0 saturated heterocycles. The van der Waals surface area contributed by atoms with Crippen molar-refractivity contribution in [1.82, 2.24) is 0 Å². The lowest BCUT2D eigenvalue weighted by atomic mass is 10.0. The van der Waals surface area contributed by atoms with Gasteiger partial charge in [-0.2, -0.15) is 0 Å². The van der Waals surface area contributed by atoms with Gasteiger partial charge in [-0.3, -0.25) is 4.99 Å². The number of amidine groups is 1. The van der Waals surface area contributed by atoms with E-state index in [9.17, 15) is 0 Å². The maximum absolute atomic E-state index is 6.07. The van der Waals surface area contributed by atoms with Crippen LogP contribution in [0.15, 0.2) is 53.0 Å². The molecule has 0 aliphatic heterocycles. The van der Waals surface area contributed by atoms with Gasteiger partial charge in [-0.25, -0.2) is 0 Å². The summed E-state index contributed by atoms with van der Waals surface area (Å²) in [6, 6.07) is 13.0. The van der Waals surface area contributed by atoms with E-state index in [0.717, 1.165) is 11.1 Å². The van der Waals surface area contributed by atoms with Crippen LogP contribution in [0.2, 0.25) is 0 Å². The number of rotatable bonds is 3. The average Bonchev–Trinajstić information content (AvgIpc) is 2.98. The number of nitrogens with zero attached hydrogens (tertiary/aromatic N) is 1. The molecule has 1 unspecified atom stereocenters. The fourth-order valence-corrected chi connectivity index (χ4v) is 3.88. The molecule has 0 aliphatic carbocycles. The van der Waals surface area contributed by atoms with Crippen molar-refractivity contribution in [2.45, 2.75) is 33.7 Å². The van der Waals surface area contributed by atoms with Crippen molar-refractivity contribution in [3.05, 3.63) is 59.2 Å². The van der Waals surface area contributed by atoms with E-state index >= 15 is 0 Å². The molecule has 0 spiro atoms. The first kappa shape index (κ1) is 17.3. The van der Waals surface area contributed by atoms with Gasteiger partial charge in [-0.15, -0.1) is 17.3 Å². The minimum atomic E-state index is 0.0212. The predicted molar refractivity (Wildman–Crippen MR) is 111 cm³/mol. The highest BCUT2D eigenvalue weighted by atomic mass is 32.1. The van der Waals surface area contributed by atoms with Crippen LogP contribution in [-0.4, -0.2) is 5.84 Å². The Balaban J connectivity index is 2.10. The summed E-state index contributed by atoms with van der Waals surface area (Å²) in [5.74, 6) is 6.72. The molecule has 0 fully saturated rings. The molecular weight excluding hydrogens is 324 g/mol. The molecule has 0 aliphatic rings. The van der Waals surface area contributed by atoms with Gasteiger partial charge in [0, 0.05) is 25.7 Å². The molecule has 2 aromatic carbocycles. The Morgan fingerprint density at radius 2 is 1.84 bits per heavy atom. The molecule has 1 atom stereocenters. The molecule has 126 valence electrons. The second kappa shape index (κ2) is 7.13. The SMILES string of the molecule is CC#Cc1ccc2sc3ccc(C(C)/N=C(N)\C(C)=C/C)cc3c2c1. The number of allylic oxidation sites excluding steroid dienone is 1. The van der Waals surface area contributed by atoms with E-state index < -0.39 is 0 Å². The van der Waals surface area contributed by atoms with Crippen LogP contribution in [0.25, 0.3) is 20.2 Å². The van der Waals surface area contributed by atoms with E-state index in [1.165, 1.54) is 25.7 Å². The van der Waals surface area contributed by atoms with Gasteiger partial charge in [0.05, 0.1) is 6.04 Å². The van der Waals surface area contributed by atoms with E-state index in [1.807, 2.05) is 38.2 Å². The molecule has 1 aromatic heterocycles. The largest absolute Gasteiger partial charge is 0.384 e. The monoisotopic (exact) mass is 346 g/mol. The fraction of sp³-hybridized carbons (Fsp3) is 0.227. The van der Waals surface area contributed by atoms with E-state index in [2.05, 4.69) is 60.2 Å². The summed E-state index contributed by atoms with van der Waals surface area (Å²) in [5.41, 5.74) is 9.31. The standard InChI is InChI=1S/C22H22N2S/c1-5-7-16-8-10-20-18(12-16)19-13-17(9-11-21(19)25-20)15(4)24-22(23)14(3)6-2/h6,8-13,15H,1-4H3,(H2,23,24)/b14-6-. The van der Waals surface area contributed by atoms with Crippen molar-refractivity contribution < 1.29 is 0 Å². The molecule has 3 heteroatoms. The lowest BCUT2D eigenvalue weighted by Crippen LogP contribution is -2.14. The van der Waals surface area contributed by atoms with E-state index in [4.69, 9.17) is 5.73 Å². The molecular formula is C22H22N2S. The maximum Gasteiger partial charge on any atom is 0.121 e. The van der Waals surface area contributed by atoms with Crippen molar-refractivity contribution in [3.8, 4) is 11.8 Å². The Labute approximate surface area is 153 Å². The zero-order chi connectivity index (χ0) is 18.0. The van der Waals surface area contributed by atoms with Crippen LogP contribution in [0.5, 0.6) is 0 Å². The Bertz CT molecular complexity index is 1060. The van der Waals surface area contributed by atoms with Gasteiger partial charge in [0.25, 0.3) is 0 Å². The summed E-state index contributed by atoms with van der Waals surface area (Å²) in [7, 11) is 0. The van der Waals surface area contributed by atoms with Gasteiger partial charge in [-0.1, -0.05) is 18.1 Å². The second-order valence-corrected chi connectivity index (χ2v) is 7.19. The van der Waals surface area contributed by atoms with Gasteiger partial charge in [0.2, 0.25) is 0 Å². The first-order chi connectivity index (χ1) is 12.0. The quantitative estimate of drug-likeness (QED) is 0.363. The van der Waals surface area contributed by atoms with Crippen LogP contribution < -0.4 is 5.73 Å². The summed E-state index contributed by atoms with van der Waals surface area (Å²) in [6.07, 6.45) is 1.98. The number of benzene rings is 2. The van der Waals surface area contributed by atoms with Crippen LogP contribution >= 0.6 is 11.3 Å². The highest BCUT2D eigenvalue weighted by Crippen LogP contribution is 2.36. The molecule has 0 radical (unpaired) electrons. The smallest absolute Gasteiger partial charge is 0.121 e. The Morgan fingerprint density at radius 3 is 2.52 bits per heavy atom. The molecule has 0 bridgehead atoms. The number of aliphatic imine (C=N–C) groups is 1. The molecule has 2 nitrogen and oxygen atoms in total. The van der Waals surface area contributed by atoms with Crippen molar-refractivity contribution >= 4 is 37.3 Å². The van der Waals surface area contributed by atoms with Gasteiger partial charge >= 0.3 is 0 Å². The topological polar surface area (TPSA) is 38.4 Å². The predicted octanol–water partition coefficient (Wildman–Crippen LogP) is 5.81. The zero-order valence-electron chi connectivity index (χ0n) is 15.1. The maximum atomic E-state index is 6.07. The zero-order valence-corrected chi connectivity index (χ0v) is 15.9. The number of hydrogen-bond acceptors (Lipinski definition) is 2. The van der Waals surface area contributed by atoms with Gasteiger partial charge < -0.3 is 5.73 Å². The lowest BCUT2D eigenvalue weighted by Gasteiger charge is -2.09. The normalized spacial score (nSPS) is 13.8. The average molecular weight is 346 g/mol. The van der Waals surface area contributed by atoms with Crippen LogP contribution in [0.4, 0.5) is 0 Å². The van der Waals surface area contributed by atoms with Crippen LogP contribution in [0.3, 0.4) is 0 Å². The molecule has 2 N–H and O–H groups in total. The van der Waals surface area contributed by atoms with Crippen molar-refractivity contribution in [1.29, 1.82) is 0 Å². The van der Waals surface area contributed by atoms with E-state index in [0.29, 0.717) is 5.84 Å². The van der Waals surface area contributed by atoms with Crippen LogP contribution in [-0.2, 0) is 0 Å². The summed E-state index contributed by atoms with van der Waals surface area (Å²) in [5, 5.41) is 2.52. The van der Waals surface area contributed by atoms with Crippen molar-refractivity contribution in [2.75, 3.05) is 0 Å². The molecule has 3 rings (SSSR count). The van der Waals surface area contributed by atoms with Crippen molar-refractivity contribution in [3.63, 3.8) is 0 Å². The summed E-state index contributed by atoms with van der Waals surface area (Å²) >= 11 is 1.81. The highest BCUT2D eigenvalue weighted by Gasteiger charge is 2.10. The Morgan fingerprint density at radius 1 is 1.16 bits per heavy atom. The van der Waals surface area contributed by atoms with Crippen molar-refractivity contribution in [2.24, 2.45) is 10.7 Å². The van der Waals surface area contributed by atoms with Gasteiger partial charge in [-0.05, 0) is 69.2 Å². The third kappa shape index (κ3) is 3.45. The molecule has 0 amide bonds. The van der Waals surface area contributed by atoms with E-state index in [1.54, 1.807) is 0 Å². The summed E-state index contributed by atoms with van der Waals surface area (Å²) in [6.45, 7) is 7.91. The molecule has 25 heavy (non-hydrogen) atoms.